The van der Waals surface area contributed by atoms with Crippen LogP contribution in [-0.2, 0) is 20.9 Å². The molecule has 206 valence electrons. The molecule has 6 aliphatic rings. The molecule has 2 aliphatic heterocycles. The molecule has 8 heteroatoms. The van der Waals surface area contributed by atoms with Gasteiger partial charge in [-0.1, -0.05) is 18.2 Å². The van der Waals surface area contributed by atoms with Gasteiger partial charge in [0.1, 0.15) is 17.8 Å². The summed E-state index contributed by atoms with van der Waals surface area (Å²) < 4.78 is 5.31. The molecule has 3 heterocycles. The first-order valence-corrected chi connectivity index (χ1v) is 14.6. The molecule has 0 radical (unpaired) electrons. The van der Waals surface area contributed by atoms with E-state index in [0.29, 0.717) is 50.8 Å². The minimum absolute atomic E-state index is 0.000542. The van der Waals surface area contributed by atoms with Crippen LogP contribution in [0.15, 0.2) is 53.1 Å². The van der Waals surface area contributed by atoms with Crippen LogP contribution >= 0.6 is 0 Å². The second kappa shape index (κ2) is 9.42. The SMILES string of the molecule is O=C(CN1CN(c2ccccc2)C2(CCN(C(=O)C34CC5CC(CC(C5)C3)C4)CC2)C1=O)NCc1ccco1. The first kappa shape index (κ1) is 24.7. The Bertz CT molecular complexity index is 1200. The molecule has 2 saturated heterocycles. The van der Waals surface area contributed by atoms with Crippen molar-refractivity contribution in [2.45, 2.75) is 63.5 Å². The predicted molar refractivity (Wildman–Crippen MR) is 145 cm³/mol. The number of anilines is 1. The Morgan fingerprint density at radius 1 is 0.923 bits per heavy atom. The van der Waals surface area contributed by atoms with E-state index < -0.39 is 5.54 Å². The van der Waals surface area contributed by atoms with Gasteiger partial charge < -0.3 is 24.4 Å². The number of hydrogen-bond donors (Lipinski definition) is 1. The summed E-state index contributed by atoms with van der Waals surface area (Å²) in [6, 6.07) is 13.6. The molecule has 4 bridgehead atoms. The quantitative estimate of drug-likeness (QED) is 0.615. The fourth-order valence-electron chi connectivity index (χ4n) is 8.94. The van der Waals surface area contributed by atoms with E-state index in [2.05, 4.69) is 15.1 Å². The summed E-state index contributed by atoms with van der Waals surface area (Å²) in [6.45, 7) is 1.84. The van der Waals surface area contributed by atoms with Crippen LogP contribution in [0.2, 0.25) is 0 Å². The molecule has 0 unspecified atom stereocenters. The zero-order valence-electron chi connectivity index (χ0n) is 22.5. The number of carbonyl (C=O) groups excluding carboxylic acids is 3. The van der Waals surface area contributed by atoms with Crippen LogP contribution in [0, 0.1) is 23.2 Å². The van der Waals surface area contributed by atoms with Crippen molar-refractivity contribution >= 4 is 23.4 Å². The van der Waals surface area contributed by atoms with Gasteiger partial charge in [-0.3, -0.25) is 14.4 Å². The smallest absolute Gasteiger partial charge is 0.250 e. The third kappa shape index (κ3) is 4.23. The molecule has 6 fully saturated rings. The van der Waals surface area contributed by atoms with Gasteiger partial charge in [0.05, 0.1) is 24.9 Å². The summed E-state index contributed by atoms with van der Waals surface area (Å²) in [5.41, 5.74) is 0.0852. The van der Waals surface area contributed by atoms with Crippen molar-refractivity contribution in [2.24, 2.45) is 23.2 Å². The van der Waals surface area contributed by atoms with Gasteiger partial charge in [-0.05, 0) is 93.4 Å². The highest BCUT2D eigenvalue weighted by Crippen LogP contribution is 2.60. The second-order valence-corrected chi connectivity index (χ2v) is 12.8. The number of amides is 3. The van der Waals surface area contributed by atoms with Crippen molar-refractivity contribution in [2.75, 3.05) is 31.2 Å². The molecule has 8 nitrogen and oxygen atoms in total. The van der Waals surface area contributed by atoms with Gasteiger partial charge in [0.15, 0.2) is 0 Å². The van der Waals surface area contributed by atoms with E-state index in [1.165, 1.54) is 19.3 Å². The number of piperidine rings is 1. The summed E-state index contributed by atoms with van der Waals surface area (Å²) in [4.78, 5) is 46.7. The monoisotopic (exact) mass is 530 g/mol. The molecule has 4 aliphatic carbocycles. The highest BCUT2D eigenvalue weighted by Gasteiger charge is 2.58. The topological polar surface area (TPSA) is 86.1 Å². The molecule has 4 saturated carbocycles. The first-order chi connectivity index (χ1) is 18.9. The maximum Gasteiger partial charge on any atom is 0.250 e. The lowest BCUT2D eigenvalue weighted by atomic mass is 9.49. The standard InChI is InChI=1S/C31H38N4O4/c36-27(32-19-26-7-4-12-39-26)20-34-21-35(25-5-2-1-3-6-25)31(29(34)38)8-10-33(11-9-31)28(37)30-16-22-13-23(17-30)15-24(14-22)18-30/h1-7,12,22-24H,8-11,13-21H2,(H,32,36). The lowest BCUT2D eigenvalue weighted by molar-refractivity contribution is -0.160. The number of benzene rings is 1. The maximum absolute atomic E-state index is 14.0. The Morgan fingerprint density at radius 2 is 1.59 bits per heavy atom. The molecule has 8 rings (SSSR count). The van der Waals surface area contributed by atoms with E-state index in [1.54, 1.807) is 17.2 Å². The Balaban J connectivity index is 1.07. The van der Waals surface area contributed by atoms with Gasteiger partial charge in [-0.15, -0.1) is 0 Å². The van der Waals surface area contributed by atoms with Crippen LogP contribution < -0.4 is 10.2 Å². The molecule has 1 aromatic carbocycles. The summed E-state index contributed by atoms with van der Waals surface area (Å²) in [6.07, 6.45) is 9.91. The fourth-order valence-corrected chi connectivity index (χ4v) is 8.94. The summed E-state index contributed by atoms with van der Waals surface area (Å²) in [5, 5.41) is 2.87. The normalized spacial score (nSPS) is 30.8. The minimum Gasteiger partial charge on any atom is -0.467 e. The molecular weight excluding hydrogens is 492 g/mol. The predicted octanol–water partition coefficient (Wildman–Crippen LogP) is 3.78. The fraction of sp³-hybridized carbons (Fsp3) is 0.581. The molecule has 3 amide bonds. The van der Waals surface area contributed by atoms with Crippen LogP contribution in [0.1, 0.15) is 57.1 Å². The maximum atomic E-state index is 14.0. The molecule has 2 aromatic rings. The van der Waals surface area contributed by atoms with Crippen molar-refractivity contribution in [1.82, 2.24) is 15.1 Å². The highest BCUT2D eigenvalue weighted by atomic mass is 16.3. The number of nitrogens with zero attached hydrogens (tertiary/aromatic N) is 3. The van der Waals surface area contributed by atoms with Gasteiger partial charge in [-0.2, -0.15) is 0 Å². The summed E-state index contributed by atoms with van der Waals surface area (Å²) >= 11 is 0. The third-order valence-electron chi connectivity index (χ3n) is 10.3. The number of nitrogens with one attached hydrogen (secondary N) is 1. The third-order valence-corrected chi connectivity index (χ3v) is 10.3. The molecule has 1 spiro atoms. The molecular formula is C31H38N4O4. The number of hydrogen-bond acceptors (Lipinski definition) is 5. The van der Waals surface area contributed by atoms with Crippen molar-refractivity contribution in [3.63, 3.8) is 0 Å². The van der Waals surface area contributed by atoms with Crippen LogP contribution in [0.25, 0.3) is 0 Å². The van der Waals surface area contributed by atoms with E-state index in [0.717, 1.165) is 42.7 Å². The van der Waals surface area contributed by atoms with Crippen LogP contribution in [0.5, 0.6) is 0 Å². The van der Waals surface area contributed by atoms with Crippen LogP contribution in [0.4, 0.5) is 5.69 Å². The molecule has 0 atom stereocenters. The van der Waals surface area contributed by atoms with Crippen molar-refractivity contribution in [1.29, 1.82) is 0 Å². The lowest BCUT2D eigenvalue weighted by Crippen LogP contribution is -2.61. The zero-order chi connectivity index (χ0) is 26.6. The van der Waals surface area contributed by atoms with Gasteiger partial charge in [0.2, 0.25) is 11.8 Å². The lowest BCUT2D eigenvalue weighted by Gasteiger charge is -2.57. The summed E-state index contributed by atoms with van der Waals surface area (Å²) in [5.74, 6) is 2.99. The summed E-state index contributed by atoms with van der Waals surface area (Å²) in [7, 11) is 0. The largest absolute Gasteiger partial charge is 0.467 e. The van der Waals surface area contributed by atoms with Gasteiger partial charge in [-0.25, -0.2) is 0 Å². The van der Waals surface area contributed by atoms with Crippen molar-refractivity contribution in [3.05, 3.63) is 54.5 Å². The van der Waals surface area contributed by atoms with Gasteiger partial charge in [0.25, 0.3) is 5.91 Å². The van der Waals surface area contributed by atoms with Crippen LogP contribution in [-0.4, -0.2) is 59.4 Å². The number of likely N-dealkylation sites (tertiary alicyclic amines) is 1. The number of furan rings is 1. The Morgan fingerprint density at radius 3 is 2.21 bits per heavy atom. The van der Waals surface area contributed by atoms with Crippen molar-refractivity contribution in [3.8, 4) is 0 Å². The highest BCUT2D eigenvalue weighted by molar-refractivity contribution is 5.96. The van der Waals surface area contributed by atoms with Crippen LogP contribution in [0.3, 0.4) is 0 Å². The molecule has 1 N–H and O–H groups in total. The molecule has 1 aromatic heterocycles. The number of carbonyl (C=O) groups is 3. The first-order valence-electron chi connectivity index (χ1n) is 14.6. The average Bonchev–Trinajstić information content (AvgIpc) is 3.55. The molecule has 39 heavy (non-hydrogen) atoms. The average molecular weight is 531 g/mol. The van der Waals surface area contributed by atoms with E-state index in [4.69, 9.17) is 4.42 Å². The second-order valence-electron chi connectivity index (χ2n) is 12.8. The Labute approximate surface area is 229 Å². The van der Waals surface area contributed by atoms with Crippen molar-refractivity contribution < 1.29 is 18.8 Å². The zero-order valence-corrected chi connectivity index (χ0v) is 22.5. The van der Waals surface area contributed by atoms with E-state index in [1.807, 2.05) is 36.4 Å². The van der Waals surface area contributed by atoms with Gasteiger partial charge >= 0.3 is 0 Å². The van der Waals surface area contributed by atoms with E-state index in [9.17, 15) is 14.4 Å². The number of para-hydroxylation sites is 1. The Kier molecular flexibility index (Phi) is 5.97. The minimum atomic E-state index is -0.735. The van der Waals surface area contributed by atoms with E-state index >= 15 is 0 Å². The van der Waals surface area contributed by atoms with Gasteiger partial charge in [0, 0.05) is 18.8 Å². The number of rotatable bonds is 6. The Hall–Kier alpha value is -3.29. The van der Waals surface area contributed by atoms with E-state index in [-0.39, 0.29) is 23.8 Å².